The predicted octanol–water partition coefficient (Wildman–Crippen LogP) is 5.18. The molecule has 1 aliphatic heterocycles. The van der Waals surface area contributed by atoms with Gasteiger partial charge in [-0.25, -0.2) is 0 Å². The van der Waals surface area contributed by atoms with Crippen molar-refractivity contribution in [2.45, 2.75) is 18.5 Å². The highest BCUT2D eigenvalue weighted by Crippen LogP contribution is 2.43. The number of rotatable bonds is 5. The molecule has 0 aliphatic carbocycles. The van der Waals surface area contributed by atoms with Crippen molar-refractivity contribution in [1.29, 1.82) is 0 Å². The summed E-state index contributed by atoms with van der Waals surface area (Å²) < 4.78 is 0.910. The Morgan fingerprint density at radius 3 is 2.20 bits per heavy atom. The van der Waals surface area contributed by atoms with Crippen LogP contribution in [0, 0.1) is 0 Å². The molecule has 0 spiro atoms. The Kier molecular flexibility index (Phi) is 5.88. The van der Waals surface area contributed by atoms with Crippen molar-refractivity contribution in [1.82, 2.24) is 5.32 Å². The molecule has 1 N–H and O–H groups in total. The van der Waals surface area contributed by atoms with E-state index in [-0.39, 0.29) is 11.0 Å². The maximum absolute atomic E-state index is 13.4. The lowest BCUT2D eigenvalue weighted by molar-refractivity contribution is -0.116. The van der Waals surface area contributed by atoms with Crippen molar-refractivity contribution in [3.8, 4) is 0 Å². The maximum Gasteiger partial charge on any atom is 0.251 e. The number of hydrogen-bond acceptors (Lipinski definition) is 4. The van der Waals surface area contributed by atoms with Crippen LogP contribution in [-0.4, -0.2) is 22.1 Å². The molecule has 0 bridgehead atoms. The van der Waals surface area contributed by atoms with Crippen LogP contribution >= 0.6 is 27.7 Å². The Labute approximate surface area is 187 Å². The van der Waals surface area contributed by atoms with Crippen molar-refractivity contribution in [2.75, 3.05) is 0 Å². The van der Waals surface area contributed by atoms with Crippen molar-refractivity contribution < 1.29 is 9.59 Å². The lowest BCUT2D eigenvalue weighted by atomic mass is 9.84. The first-order valence-corrected chi connectivity index (χ1v) is 11.1. The van der Waals surface area contributed by atoms with Crippen LogP contribution in [0.2, 0.25) is 0 Å². The van der Waals surface area contributed by atoms with Gasteiger partial charge >= 0.3 is 0 Å². The smallest absolute Gasteiger partial charge is 0.251 e. The van der Waals surface area contributed by atoms with Gasteiger partial charge in [-0.1, -0.05) is 76.6 Å². The zero-order valence-corrected chi connectivity index (χ0v) is 18.6. The zero-order valence-electron chi connectivity index (χ0n) is 16.2. The highest BCUT2D eigenvalue weighted by atomic mass is 79.9. The molecular weight excluding hydrogens is 460 g/mol. The number of hydrogen-bond donors (Lipinski definition) is 1. The van der Waals surface area contributed by atoms with Crippen LogP contribution in [-0.2, 0) is 10.3 Å². The third-order valence-electron chi connectivity index (χ3n) is 5.09. The first kappa shape index (κ1) is 20.6. The Hall–Kier alpha value is -2.70. The van der Waals surface area contributed by atoms with Gasteiger partial charge in [0.1, 0.15) is 5.04 Å². The molecule has 2 atom stereocenters. The summed E-state index contributed by atoms with van der Waals surface area (Å²) in [5, 5.41) is 3.55. The molecule has 0 saturated carbocycles. The number of halogens is 1. The van der Waals surface area contributed by atoms with Crippen LogP contribution < -0.4 is 5.32 Å². The van der Waals surface area contributed by atoms with E-state index >= 15 is 0 Å². The molecule has 6 heteroatoms. The molecule has 0 aromatic heterocycles. The van der Waals surface area contributed by atoms with Crippen molar-refractivity contribution >= 4 is 43.8 Å². The van der Waals surface area contributed by atoms with Gasteiger partial charge in [0.2, 0.25) is 5.12 Å². The molecule has 0 saturated heterocycles. The summed E-state index contributed by atoms with van der Waals surface area (Å²) in [5.74, 6) is -0.235. The van der Waals surface area contributed by atoms with Gasteiger partial charge in [-0.15, -0.1) is 0 Å². The minimum absolute atomic E-state index is 0.107. The number of carbonyl (C=O) groups excluding carboxylic acids is 2. The van der Waals surface area contributed by atoms with Crippen molar-refractivity contribution in [3.63, 3.8) is 0 Å². The summed E-state index contributed by atoms with van der Waals surface area (Å²) in [5.41, 5.74) is 0.966. The van der Waals surface area contributed by atoms with Gasteiger partial charge in [0, 0.05) is 15.6 Å². The largest absolute Gasteiger partial charge is 0.346 e. The van der Waals surface area contributed by atoms with Crippen molar-refractivity contribution in [3.05, 3.63) is 106 Å². The molecule has 0 fully saturated rings. The second-order valence-electron chi connectivity index (χ2n) is 7.01. The third kappa shape index (κ3) is 3.85. The number of thioether (sulfide) groups is 1. The molecule has 150 valence electrons. The number of benzene rings is 3. The SMILES string of the molecule is C[C@H](NC(=O)c1ccccc1)[C@]1(c2ccc(Br)cc2)N=C(c2ccccc2)SC1=O. The van der Waals surface area contributed by atoms with Crippen LogP contribution in [0.15, 0.2) is 94.4 Å². The van der Waals surface area contributed by atoms with E-state index in [1.165, 1.54) is 0 Å². The first-order valence-electron chi connectivity index (χ1n) is 9.50. The Bertz CT molecular complexity index is 1100. The zero-order chi connectivity index (χ0) is 21.1. The molecule has 1 amide bonds. The fourth-order valence-electron chi connectivity index (χ4n) is 3.48. The van der Waals surface area contributed by atoms with Crippen molar-refractivity contribution in [2.24, 2.45) is 4.99 Å². The number of aliphatic imine (C=N–C) groups is 1. The summed E-state index contributed by atoms with van der Waals surface area (Å²) >= 11 is 4.57. The highest BCUT2D eigenvalue weighted by Gasteiger charge is 2.50. The van der Waals surface area contributed by atoms with Gasteiger partial charge in [-0.05, 0) is 48.5 Å². The topological polar surface area (TPSA) is 58.5 Å². The second kappa shape index (κ2) is 8.58. The van der Waals surface area contributed by atoms with Gasteiger partial charge in [0.15, 0.2) is 5.54 Å². The molecule has 3 aromatic rings. The van der Waals surface area contributed by atoms with E-state index in [0.29, 0.717) is 10.6 Å². The lowest BCUT2D eigenvalue weighted by Gasteiger charge is -2.31. The van der Waals surface area contributed by atoms with Gasteiger partial charge in [-0.3, -0.25) is 14.6 Å². The van der Waals surface area contributed by atoms with Crippen LogP contribution in [0.25, 0.3) is 0 Å². The van der Waals surface area contributed by atoms with Crippen LogP contribution in [0.5, 0.6) is 0 Å². The summed E-state index contributed by atoms with van der Waals surface area (Å²) in [7, 11) is 0. The van der Waals surface area contributed by atoms with Gasteiger partial charge < -0.3 is 5.32 Å². The fraction of sp³-hybridized carbons (Fsp3) is 0.125. The molecule has 1 heterocycles. The summed E-state index contributed by atoms with van der Waals surface area (Å²) in [6.07, 6.45) is 0. The van der Waals surface area contributed by atoms with Crippen LogP contribution in [0.1, 0.15) is 28.4 Å². The fourth-order valence-corrected chi connectivity index (χ4v) is 4.86. The van der Waals surface area contributed by atoms with E-state index in [0.717, 1.165) is 27.4 Å². The molecule has 0 radical (unpaired) electrons. The molecule has 1 aliphatic rings. The maximum atomic E-state index is 13.4. The minimum Gasteiger partial charge on any atom is -0.346 e. The predicted molar refractivity (Wildman–Crippen MR) is 125 cm³/mol. The lowest BCUT2D eigenvalue weighted by Crippen LogP contribution is -2.50. The van der Waals surface area contributed by atoms with E-state index in [1.807, 2.05) is 79.7 Å². The molecule has 30 heavy (non-hydrogen) atoms. The average Bonchev–Trinajstić information content (AvgIpc) is 3.13. The quantitative estimate of drug-likeness (QED) is 0.549. The standard InChI is InChI=1S/C24H19BrN2O2S/c1-16(26-21(28)17-8-4-2-5-9-17)24(19-12-14-20(25)15-13-19)23(29)30-22(27-24)18-10-6-3-7-11-18/h2-16H,1H3,(H,26,28)/t16-,24+/m0/s1. The minimum atomic E-state index is -1.21. The number of carbonyl (C=O) groups is 2. The number of nitrogens with zero attached hydrogens (tertiary/aromatic N) is 1. The van der Waals surface area contributed by atoms with E-state index in [4.69, 9.17) is 4.99 Å². The Morgan fingerprint density at radius 2 is 1.57 bits per heavy atom. The van der Waals surface area contributed by atoms with Gasteiger partial charge in [0.25, 0.3) is 5.91 Å². The van der Waals surface area contributed by atoms with E-state index < -0.39 is 11.6 Å². The summed E-state index contributed by atoms with van der Waals surface area (Å²) in [6.45, 7) is 1.83. The monoisotopic (exact) mass is 478 g/mol. The number of nitrogens with one attached hydrogen (secondary N) is 1. The van der Waals surface area contributed by atoms with Crippen LogP contribution in [0.4, 0.5) is 0 Å². The first-order chi connectivity index (χ1) is 14.5. The van der Waals surface area contributed by atoms with E-state index in [9.17, 15) is 9.59 Å². The average molecular weight is 479 g/mol. The Balaban J connectivity index is 1.76. The molecule has 4 nitrogen and oxygen atoms in total. The van der Waals surface area contributed by atoms with Crippen LogP contribution in [0.3, 0.4) is 0 Å². The highest BCUT2D eigenvalue weighted by molar-refractivity contribution is 9.10. The van der Waals surface area contributed by atoms with Gasteiger partial charge in [0.05, 0.1) is 6.04 Å². The summed E-state index contributed by atoms with van der Waals surface area (Å²) in [6, 6.07) is 25.6. The second-order valence-corrected chi connectivity index (χ2v) is 8.88. The molecule has 0 unspecified atom stereocenters. The Morgan fingerprint density at radius 1 is 0.967 bits per heavy atom. The number of amides is 1. The van der Waals surface area contributed by atoms with E-state index in [1.54, 1.807) is 12.1 Å². The summed E-state index contributed by atoms with van der Waals surface area (Å²) in [4.78, 5) is 31.1. The van der Waals surface area contributed by atoms with E-state index in [2.05, 4.69) is 21.2 Å². The van der Waals surface area contributed by atoms with Gasteiger partial charge in [-0.2, -0.15) is 0 Å². The molecule has 4 rings (SSSR count). The normalized spacial score (nSPS) is 19.3. The molecule has 3 aromatic carbocycles. The third-order valence-corrected chi connectivity index (χ3v) is 6.64. The molecular formula is C24H19BrN2O2S.